The van der Waals surface area contributed by atoms with Crippen molar-refractivity contribution < 1.29 is 19.4 Å². The molecule has 0 aliphatic heterocycles. The SMILES string of the molecule is CCOc1ccc(CC(C)CC(CN)C(=O)O)cc1OCC. The minimum absolute atomic E-state index is 0.174. The number of hydrogen-bond donors (Lipinski definition) is 2. The van der Waals surface area contributed by atoms with Gasteiger partial charge in [-0.05, 0) is 50.3 Å². The van der Waals surface area contributed by atoms with Crippen LogP contribution in [0, 0.1) is 11.8 Å². The van der Waals surface area contributed by atoms with Crippen LogP contribution >= 0.6 is 0 Å². The Hall–Kier alpha value is -1.75. The normalized spacial score (nSPS) is 13.5. The molecule has 2 unspecified atom stereocenters. The first-order chi connectivity index (χ1) is 10.5. The van der Waals surface area contributed by atoms with Crippen molar-refractivity contribution >= 4 is 5.97 Å². The highest BCUT2D eigenvalue weighted by atomic mass is 16.5. The van der Waals surface area contributed by atoms with E-state index in [0.717, 1.165) is 23.5 Å². The number of carboxylic acids is 1. The van der Waals surface area contributed by atoms with Gasteiger partial charge in [-0.1, -0.05) is 13.0 Å². The summed E-state index contributed by atoms with van der Waals surface area (Å²) in [5, 5.41) is 9.08. The maximum absolute atomic E-state index is 11.1. The molecule has 0 fully saturated rings. The summed E-state index contributed by atoms with van der Waals surface area (Å²) in [6.45, 7) is 7.25. The van der Waals surface area contributed by atoms with Crippen LogP contribution in [0.3, 0.4) is 0 Å². The van der Waals surface area contributed by atoms with Crippen LogP contribution in [-0.2, 0) is 11.2 Å². The number of ether oxygens (including phenoxy) is 2. The van der Waals surface area contributed by atoms with Crippen molar-refractivity contribution in [3.63, 3.8) is 0 Å². The molecular weight excluding hydrogens is 282 g/mol. The van der Waals surface area contributed by atoms with Gasteiger partial charge in [0.25, 0.3) is 0 Å². The summed E-state index contributed by atoms with van der Waals surface area (Å²) >= 11 is 0. The lowest BCUT2D eigenvalue weighted by Crippen LogP contribution is -2.25. The van der Waals surface area contributed by atoms with Crippen LogP contribution in [0.2, 0.25) is 0 Å². The summed E-state index contributed by atoms with van der Waals surface area (Å²) in [6, 6.07) is 5.89. The van der Waals surface area contributed by atoms with Crippen LogP contribution in [-0.4, -0.2) is 30.8 Å². The summed E-state index contributed by atoms with van der Waals surface area (Å²) in [6.07, 6.45) is 1.36. The van der Waals surface area contributed by atoms with Gasteiger partial charge in [0.2, 0.25) is 0 Å². The second kappa shape index (κ2) is 9.30. The molecule has 0 saturated heterocycles. The van der Waals surface area contributed by atoms with Crippen LogP contribution in [0.4, 0.5) is 0 Å². The summed E-state index contributed by atoms with van der Waals surface area (Å²) < 4.78 is 11.2. The van der Waals surface area contributed by atoms with Gasteiger partial charge in [-0.15, -0.1) is 0 Å². The van der Waals surface area contributed by atoms with E-state index >= 15 is 0 Å². The second-order valence-corrected chi connectivity index (χ2v) is 5.46. The van der Waals surface area contributed by atoms with Gasteiger partial charge >= 0.3 is 5.97 Å². The Labute approximate surface area is 132 Å². The molecule has 1 aromatic rings. The number of nitrogens with two attached hydrogens (primary N) is 1. The van der Waals surface area contributed by atoms with Crippen molar-refractivity contribution in [2.75, 3.05) is 19.8 Å². The molecule has 5 heteroatoms. The van der Waals surface area contributed by atoms with E-state index in [1.54, 1.807) is 0 Å². The first kappa shape index (κ1) is 18.3. The average Bonchev–Trinajstić information content (AvgIpc) is 2.47. The van der Waals surface area contributed by atoms with E-state index in [9.17, 15) is 4.79 Å². The summed E-state index contributed by atoms with van der Waals surface area (Å²) in [7, 11) is 0. The van der Waals surface area contributed by atoms with E-state index in [-0.39, 0.29) is 12.5 Å². The zero-order valence-corrected chi connectivity index (χ0v) is 13.7. The number of carboxylic acid groups (broad SMARTS) is 1. The predicted molar refractivity (Wildman–Crippen MR) is 86.4 cm³/mol. The van der Waals surface area contributed by atoms with Gasteiger partial charge in [0.05, 0.1) is 19.1 Å². The maximum atomic E-state index is 11.1. The molecule has 0 amide bonds. The second-order valence-electron chi connectivity index (χ2n) is 5.46. The molecule has 124 valence electrons. The van der Waals surface area contributed by atoms with Crippen LogP contribution in [0.1, 0.15) is 32.8 Å². The van der Waals surface area contributed by atoms with Gasteiger partial charge in [-0.25, -0.2) is 0 Å². The molecule has 22 heavy (non-hydrogen) atoms. The molecule has 0 aromatic heterocycles. The Morgan fingerprint density at radius 1 is 1.23 bits per heavy atom. The zero-order chi connectivity index (χ0) is 16.5. The quantitative estimate of drug-likeness (QED) is 0.694. The first-order valence-electron chi connectivity index (χ1n) is 7.83. The van der Waals surface area contributed by atoms with Crippen molar-refractivity contribution in [3.8, 4) is 11.5 Å². The number of carbonyl (C=O) groups is 1. The number of hydrogen-bond acceptors (Lipinski definition) is 4. The van der Waals surface area contributed by atoms with Gasteiger partial charge in [0.1, 0.15) is 0 Å². The molecule has 5 nitrogen and oxygen atoms in total. The minimum Gasteiger partial charge on any atom is -0.490 e. The van der Waals surface area contributed by atoms with Crippen molar-refractivity contribution in [1.82, 2.24) is 0 Å². The topological polar surface area (TPSA) is 81.8 Å². The average molecular weight is 309 g/mol. The Kier molecular flexibility index (Phi) is 7.74. The van der Waals surface area contributed by atoms with Crippen LogP contribution in [0.5, 0.6) is 11.5 Å². The molecule has 0 aliphatic rings. The predicted octanol–water partition coefficient (Wildman–Crippen LogP) is 2.71. The zero-order valence-electron chi connectivity index (χ0n) is 13.7. The van der Waals surface area contributed by atoms with Gasteiger partial charge in [-0.2, -0.15) is 0 Å². The van der Waals surface area contributed by atoms with Gasteiger partial charge in [0, 0.05) is 6.54 Å². The van der Waals surface area contributed by atoms with E-state index in [1.165, 1.54) is 0 Å². The minimum atomic E-state index is -0.823. The fraction of sp³-hybridized carbons (Fsp3) is 0.588. The molecule has 0 bridgehead atoms. The standard InChI is InChI=1S/C17H27NO4/c1-4-21-15-7-6-13(10-16(15)22-5-2)8-12(3)9-14(11-18)17(19)20/h6-7,10,12,14H,4-5,8-9,11,18H2,1-3H3,(H,19,20). The largest absolute Gasteiger partial charge is 0.490 e. The lowest BCUT2D eigenvalue weighted by atomic mass is 9.90. The van der Waals surface area contributed by atoms with Crippen molar-refractivity contribution in [2.45, 2.75) is 33.6 Å². The molecule has 3 N–H and O–H groups in total. The highest BCUT2D eigenvalue weighted by Crippen LogP contribution is 2.30. The Morgan fingerprint density at radius 3 is 2.41 bits per heavy atom. The number of aliphatic carboxylic acids is 1. The molecule has 0 saturated carbocycles. The third-order valence-corrected chi connectivity index (χ3v) is 3.51. The van der Waals surface area contributed by atoms with Gasteiger partial charge in [-0.3, -0.25) is 4.79 Å². The Morgan fingerprint density at radius 2 is 1.86 bits per heavy atom. The van der Waals surface area contributed by atoms with E-state index < -0.39 is 11.9 Å². The number of rotatable bonds is 10. The number of benzene rings is 1. The van der Waals surface area contributed by atoms with Crippen LogP contribution in [0.15, 0.2) is 18.2 Å². The first-order valence-corrected chi connectivity index (χ1v) is 7.83. The van der Waals surface area contributed by atoms with E-state index in [1.807, 2.05) is 39.0 Å². The monoisotopic (exact) mass is 309 g/mol. The Bertz CT molecular complexity index is 476. The fourth-order valence-corrected chi connectivity index (χ4v) is 2.49. The fourth-order valence-electron chi connectivity index (χ4n) is 2.49. The summed E-state index contributed by atoms with van der Waals surface area (Å²) in [4.78, 5) is 11.1. The third-order valence-electron chi connectivity index (χ3n) is 3.51. The molecular formula is C17H27NO4. The van der Waals surface area contributed by atoms with Crippen LogP contribution in [0.25, 0.3) is 0 Å². The molecule has 0 aliphatic carbocycles. The lowest BCUT2D eigenvalue weighted by molar-refractivity contribution is -0.141. The van der Waals surface area contributed by atoms with Crippen molar-refractivity contribution in [3.05, 3.63) is 23.8 Å². The molecule has 0 spiro atoms. The summed E-state index contributed by atoms with van der Waals surface area (Å²) in [5.41, 5.74) is 6.63. The molecule has 0 heterocycles. The molecule has 0 radical (unpaired) electrons. The van der Waals surface area contributed by atoms with E-state index in [0.29, 0.717) is 19.6 Å². The Balaban J connectivity index is 2.75. The lowest BCUT2D eigenvalue weighted by Gasteiger charge is -2.17. The van der Waals surface area contributed by atoms with E-state index in [4.69, 9.17) is 20.3 Å². The molecule has 1 rings (SSSR count). The smallest absolute Gasteiger partial charge is 0.307 e. The highest BCUT2D eigenvalue weighted by Gasteiger charge is 2.19. The summed E-state index contributed by atoms with van der Waals surface area (Å²) in [5.74, 6) is 0.408. The van der Waals surface area contributed by atoms with Crippen LogP contribution < -0.4 is 15.2 Å². The van der Waals surface area contributed by atoms with Gasteiger partial charge < -0.3 is 20.3 Å². The highest BCUT2D eigenvalue weighted by molar-refractivity contribution is 5.70. The van der Waals surface area contributed by atoms with E-state index in [2.05, 4.69) is 0 Å². The van der Waals surface area contributed by atoms with Crippen molar-refractivity contribution in [1.29, 1.82) is 0 Å². The van der Waals surface area contributed by atoms with Crippen molar-refractivity contribution in [2.24, 2.45) is 17.6 Å². The maximum Gasteiger partial charge on any atom is 0.307 e. The van der Waals surface area contributed by atoms with Gasteiger partial charge in [0.15, 0.2) is 11.5 Å². The molecule has 1 aromatic carbocycles. The molecule has 2 atom stereocenters. The third kappa shape index (κ3) is 5.56.